The SMILES string of the molecule is C=C[C@]1(C)C[C@@H](OC(=O)CSC2CCN(C(=O)[C@H](N)C(C)C)CC2)[C@]2(C)CCCC3(CCC(=O)C32)[C@@H](C)C1O. The van der Waals surface area contributed by atoms with Crippen LogP contribution in [-0.4, -0.2) is 70.0 Å². The highest BCUT2D eigenvalue weighted by Gasteiger charge is 2.66. The van der Waals surface area contributed by atoms with E-state index in [1.807, 2.05) is 31.7 Å². The molecule has 1 amide bonds. The largest absolute Gasteiger partial charge is 0.461 e. The number of nitrogens with zero attached hydrogens (tertiary/aromatic N) is 1. The number of rotatable bonds is 7. The summed E-state index contributed by atoms with van der Waals surface area (Å²) in [6, 6.07) is -0.470. The number of aliphatic hydroxyl groups is 1. The van der Waals surface area contributed by atoms with E-state index in [1.165, 1.54) is 0 Å². The summed E-state index contributed by atoms with van der Waals surface area (Å²) in [7, 11) is 0. The number of amides is 1. The zero-order valence-corrected chi connectivity index (χ0v) is 25.4. The van der Waals surface area contributed by atoms with E-state index in [1.54, 1.807) is 11.8 Å². The van der Waals surface area contributed by atoms with Crippen LogP contribution < -0.4 is 5.73 Å². The molecule has 1 saturated heterocycles. The molecule has 2 bridgehead atoms. The van der Waals surface area contributed by atoms with Gasteiger partial charge in [-0.2, -0.15) is 0 Å². The van der Waals surface area contributed by atoms with Crippen LogP contribution in [0.25, 0.3) is 0 Å². The molecule has 0 spiro atoms. The fourth-order valence-electron chi connectivity index (χ4n) is 8.40. The van der Waals surface area contributed by atoms with Gasteiger partial charge in [-0.1, -0.05) is 47.1 Å². The van der Waals surface area contributed by atoms with E-state index in [4.69, 9.17) is 10.5 Å². The van der Waals surface area contributed by atoms with Gasteiger partial charge < -0.3 is 20.5 Å². The van der Waals surface area contributed by atoms with Crippen LogP contribution in [0.3, 0.4) is 0 Å². The molecule has 220 valence electrons. The van der Waals surface area contributed by atoms with E-state index in [0.29, 0.717) is 25.9 Å². The first-order valence-electron chi connectivity index (χ1n) is 15.0. The lowest BCUT2D eigenvalue weighted by Gasteiger charge is -2.59. The van der Waals surface area contributed by atoms with Gasteiger partial charge in [-0.05, 0) is 55.8 Å². The van der Waals surface area contributed by atoms with Gasteiger partial charge in [0.25, 0.3) is 0 Å². The molecule has 3 saturated carbocycles. The maximum absolute atomic E-state index is 13.4. The number of hydrogen-bond donors (Lipinski definition) is 2. The third-order valence-electron chi connectivity index (χ3n) is 11.1. The van der Waals surface area contributed by atoms with Crippen molar-refractivity contribution in [1.29, 1.82) is 0 Å². The molecular weight excluding hydrogens is 512 g/mol. The molecule has 39 heavy (non-hydrogen) atoms. The molecule has 4 aliphatic rings. The van der Waals surface area contributed by atoms with Crippen LogP contribution in [0.5, 0.6) is 0 Å². The second-order valence-corrected chi connectivity index (χ2v) is 15.0. The van der Waals surface area contributed by atoms with Crippen LogP contribution in [0.15, 0.2) is 12.7 Å². The molecule has 3 aliphatic carbocycles. The van der Waals surface area contributed by atoms with Gasteiger partial charge in [0.15, 0.2) is 0 Å². The van der Waals surface area contributed by atoms with E-state index in [0.717, 1.165) is 38.5 Å². The highest BCUT2D eigenvalue weighted by atomic mass is 32.2. The second-order valence-electron chi connectivity index (χ2n) is 13.7. The Morgan fingerprint density at radius 1 is 1.23 bits per heavy atom. The van der Waals surface area contributed by atoms with Crippen molar-refractivity contribution in [3.8, 4) is 0 Å². The summed E-state index contributed by atoms with van der Waals surface area (Å²) in [5.41, 5.74) is 4.74. The van der Waals surface area contributed by atoms with Gasteiger partial charge in [-0.3, -0.25) is 14.4 Å². The van der Waals surface area contributed by atoms with Crippen LogP contribution in [0.4, 0.5) is 0 Å². The van der Waals surface area contributed by atoms with Crippen LogP contribution in [-0.2, 0) is 19.1 Å². The van der Waals surface area contributed by atoms with Crippen LogP contribution in [0, 0.1) is 34.0 Å². The highest BCUT2D eigenvalue weighted by molar-refractivity contribution is 8.00. The minimum absolute atomic E-state index is 0.0113. The zero-order valence-electron chi connectivity index (χ0n) is 24.6. The number of likely N-dealkylation sites (tertiary alicyclic amines) is 1. The van der Waals surface area contributed by atoms with Crippen LogP contribution in [0.2, 0.25) is 0 Å². The van der Waals surface area contributed by atoms with Crippen molar-refractivity contribution in [3.05, 3.63) is 12.7 Å². The fraction of sp³-hybridized carbons (Fsp3) is 0.839. The Kier molecular flexibility index (Phi) is 9.00. The lowest BCUT2D eigenvalue weighted by molar-refractivity contribution is -0.193. The summed E-state index contributed by atoms with van der Waals surface area (Å²) in [6.07, 6.45) is 6.93. The van der Waals surface area contributed by atoms with E-state index in [-0.39, 0.29) is 51.8 Å². The summed E-state index contributed by atoms with van der Waals surface area (Å²) in [5, 5.41) is 11.9. The van der Waals surface area contributed by atoms with Gasteiger partial charge in [0.2, 0.25) is 5.91 Å². The predicted octanol–water partition coefficient (Wildman–Crippen LogP) is 4.35. The zero-order chi connectivity index (χ0) is 28.8. The van der Waals surface area contributed by atoms with Crippen LogP contribution in [0.1, 0.15) is 86.0 Å². The normalized spacial score (nSPS) is 40.0. The van der Waals surface area contributed by atoms with E-state index >= 15 is 0 Å². The van der Waals surface area contributed by atoms with Gasteiger partial charge >= 0.3 is 5.97 Å². The quantitative estimate of drug-likeness (QED) is 0.351. The number of Topliss-reactive ketones (excluding diaryl/α,β-unsaturated/α-hetero) is 1. The summed E-state index contributed by atoms with van der Waals surface area (Å²) in [5.74, 6) is 0.145. The van der Waals surface area contributed by atoms with E-state index in [9.17, 15) is 19.5 Å². The molecule has 0 aromatic carbocycles. The molecule has 7 nitrogen and oxygen atoms in total. The van der Waals surface area contributed by atoms with Crippen LogP contribution >= 0.6 is 11.8 Å². The van der Waals surface area contributed by atoms with Gasteiger partial charge in [0.05, 0.1) is 17.9 Å². The molecule has 3 N–H and O–H groups in total. The lowest BCUT2D eigenvalue weighted by atomic mass is 9.46. The maximum atomic E-state index is 13.4. The third-order valence-corrected chi connectivity index (χ3v) is 12.4. The van der Waals surface area contributed by atoms with Crippen molar-refractivity contribution in [1.82, 2.24) is 4.90 Å². The average Bonchev–Trinajstić information content (AvgIpc) is 3.28. The van der Waals surface area contributed by atoms with Crippen molar-refractivity contribution >= 4 is 29.4 Å². The van der Waals surface area contributed by atoms with Crippen molar-refractivity contribution in [2.24, 2.45) is 39.7 Å². The maximum Gasteiger partial charge on any atom is 0.316 e. The Morgan fingerprint density at radius 2 is 1.90 bits per heavy atom. The van der Waals surface area contributed by atoms with Crippen molar-refractivity contribution in [3.63, 3.8) is 0 Å². The summed E-state index contributed by atoms with van der Waals surface area (Å²) >= 11 is 1.60. The number of aliphatic hydroxyl groups excluding tert-OH is 1. The molecule has 8 heteroatoms. The number of carbonyl (C=O) groups is 3. The minimum atomic E-state index is -0.654. The topological polar surface area (TPSA) is 110 Å². The van der Waals surface area contributed by atoms with Gasteiger partial charge in [-0.25, -0.2) is 0 Å². The summed E-state index contributed by atoms with van der Waals surface area (Å²) < 4.78 is 6.31. The first kappa shape index (κ1) is 30.6. The number of piperidine rings is 1. The van der Waals surface area contributed by atoms with Gasteiger partial charge in [0.1, 0.15) is 11.9 Å². The standard InChI is InChI=1S/C31H50N2O5S/c1-7-29(5)17-23(30(6)12-8-13-31(20(4)27(29)36)14-9-22(34)26(30)31)38-24(35)18-39-21-10-15-33(16-11-21)28(37)25(32)19(2)3/h7,19-21,23,25-27,36H,1,8-18,32H2,2-6H3/t20-,23+,25+,26?,27?,29+,30-,31?/m0/s1. The summed E-state index contributed by atoms with van der Waals surface area (Å²) in [4.78, 5) is 41.2. The first-order valence-corrected chi connectivity index (χ1v) is 16.0. The Bertz CT molecular complexity index is 965. The number of esters is 1. The summed E-state index contributed by atoms with van der Waals surface area (Å²) in [6.45, 7) is 15.6. The van der Waals surface area contributed by atoms with Crippen molar-refractivity contribution < 1.29 is 24.2 Å². The molecule has 0 radical (unpaired) electrons. The Balaban J connectivity index is 1.44. The van der Waals surface area contributed by atoms with Crippen molar-refractivity contribution in [2.75, 3.05) is 18.8 Å². The van der Waals surface area contributed by atoms with Gasteiger partial charge in [0, 0.05) is 41.5 Å². The van der Waals surface area contributed by atoms with Gasteiger partial charge in [-0.15, -0.1) is 18.3 Å². The lowest BCUT2D eigenvalue weighted by Crippen LogP contribution is -2.60. The Morgan fingerprint density at radius 3 is 2.51 bits per heavy atom. The number of hydrogen-bond acceptors (Lipinski definition) is 7. The smallest absolute Gasteiger partial charge is 0.316 e. The number of thioether (sulfide) groups is 1. The predicted molar refractivity (Wildman–Crippen MR) is 155 cm³/mol. The molecule has 0 aromatic rings. The minimum Gasteiger partial charge on any atom is -0.461 e. The average molecular weight is 563 g/mol. The number of carbonyl (C=O) groups excluding carboxylic acids is 3. The molecule has 8 atom stereocenters. The second kappa shape index (κ2) is 11.5. The van der Waals surface area contributed by atoms with E-state index < -0.39 is 29.1 Å². The monoisotopic (exact) mass is 562 g/mol. The highest BCUT2D eigenvalue weighted by Crippen LogP contribution is 2.66. The Hall–Kier alpha value is -1.38. The fourth-order valence-corrected chi connectivity index (χ4v) is 9.39. The molecule has 0 aromatic heterocycles. The number of ether oxygens (including phenoxy) is 1. The third kappa shape index (κ3) is 5.46. The number of ketones is 1. The first-order chi connectivity index (χ1) is 18.3. The molecule has 3 unspecified atom stereocenters. The molecule has 4 fully saturated rings. The molecular formula is C31H50N2O5S. The Labute approximate surface area is 239 Å². The number of nitrogens with two attached hydrogens (primary N) is 1. The molecule has 4 rings (SSSR count). The molecule has 1 aliphatic heterocycles. The van der Waals surface area contributed by atoms with E-state index in [2.05, 4.69) is 20.4 Å². The van der Waals surface area contributed by atoms with Crippen molar-refractivity contribution in [2.45, 2.75) is 109 Å². The molecule has 1 heterocycles.